The van der Waals surface area contributed by atoms with E-state index in [0.717, 1.165) is 11.1 Å². The predicted molar refractivity (Wildman–Crippen MR) is 95.2 cm³/mol. The largest absolute Gasteiger partial charge is 0.289 e. The van der Waals surface area contributed by atoms with Gasteiger partial charge in [0.25, 0.3) is 0 Å². The standard InChI is InChI=1S/C21H13ClFNO/c22-18-9-5-15(6-10-18)20(13-24)14-1-3-16(4-2-14)21(25)17-7-11-19(23)12-8-17/h1-12,20H/t20-/m0/s1. The molecule has 2 nitrogen and oxygen atoms in total. The van der Waals surface area contributed by atoms with Gasteiger partial charge in [-0.1, -0.05) is 48.0 Å². The first kappa shape index (κ1) is 16.9. The van der Waals surface area contributed by atoms with E-state index in [0.29, 0.717) is 16.1 Å². The van der Waals surface area contributed by atoms with Gasteiger partial charge in [-0.3, -0.25) is 4.79 Å². The second kappa shape index (κ2) is 7.29. The summed E-state index contributed by atoms with van der Waals surface area (Å²) in [5.74, 6) is -1.01. The minimum atomic E-state index is -0.438. The summed E-state index contributed by atoms with van der Waals surface area (Å²) in [5.41, 5.74) is 2.54. The van der Waals surface area contributed by atoms with Crippen LogP contribution in [0.4, 0.5) is 4.39 Å². The molecule has 0 aromatic heterocycles. The van der Waals surface area contributed by atoms with Gasteiger partial charge in [0.15, 0.2) is 5.78 Å². The fourth-order valence-electron chi connectivity index (χ4n) is 2.59. The van der Waals surface area contributed by atoms with Gasteiger partial charge in [0.1, 0.15) is 5.82 Å². The number of halogens is 2. The van der Waals surface area contributed by atoms with E-state index in [-0.39, 0.29) is 11.6 Å². The highest BCUT2D eigenvalue weighted by Crippen LogP contribution is 2.26. The van der Waals surface area contributed by atoms with Gasteiger partial charge < -0.3 is 0 Å². The molecule has 3 rings (SSSR count). The van der Waals surface area contributed by atoms with Crippen LogP contribution in [0.1, 0.15) is 33.0 Å². The second-order valence-corrected chi connectivity index (χ2v) is 6.01. The fourth-order valence-corrected chi connectivity index (χ4v) is 2.72. The van der Waals surface area contributed by atoms with E-state index in [9.17, 15) is 14.4 Å². The van der Waals surface area contributed by atoms with Crippen molar-refractivity contribution in [3.8, 4) is 6.07 Å². The van der Waals surface area contributed by atoms with Crippen molar-refractivity contribution < 1.29 is 9.18 Å². The molecule has 3 aromatic carbocycles. The number of hydrogen-bond acceptors (Lipinski definition) is 2. The topological polar surface area (TPSA) is 40.9 Å². The Morgan fingerprint density at radius 2 is 1.28 bits per heavy atom. The molecule has 3 aromatic rings. The van der Waals surface area contributed by atoms with Crippen LogP contribution in [-0.2, 0) is 0 Å². The monoisotopic (exact) mass is 349 g/mol. The van der Waals surface area contributed by atoms with Gasteiger partial charge in [-0.2, -0.15) is 5.26 Å². The average Bonchev–Trinajstić information content (AvgIpc) is 2.64. The molecule has 0 radical (unpaired) electrons. The predicted octanol–water partition coefficient (Wildman–Crippen LogP) is 5.37. The highest BCUT2D eigenvalue weighted by atomic mass is 35.5. The summed E-state index contributed by atoms with van der Waals surface area (Å²) in [7, 11) is 0. The zero-order valence-corrected chi connectivity index (χ0v) is 13.9. The highest BCUT2D eigenvalue weighted by Gasteiger charge is 2.15. The average molecular weight is 350 g/mol. The van der Waals surface area contributed by atoms with E-state index >= 15 is 0 Å². The van der Waals surface area contributed by atoms with Crippen LogP contribution in [0.15, 0.2) is 72.8 Å². The molecule has 0 unspecified atom stereocenters. The molecule has 0 fully saturated rings. The summed E-state index contributed by atoms with van der Waals surface area (Å²) in [5, 5.41) is 10.1. The molecule has 0 aliphatic rings. The number of nitriles is 1. The number of nitrogens with zero attached hydrogens (tertiary/aromatic N) is 1. The van der Waals surface area contributed by atoms with Crippen molar-refractivity contribution in [1.82, 2.24) is 0 Å². The van der Waals surface area contributed by atoms with Gasteiger partial charge in [0.2, 0.25) is 0 Å². The van der Waals surface area contributed by atoms with E-state index < -0.39 is 5.92 Å². The van der Waals surface area contributed by atoms with Crippen molar-refractivity contribution in [2.45, 2.75) is 5.92 Å². The number of benzene rings is 3. The first-order valence-electron chi connectivity index (χ1n) is 7.64. The zero-order valence-electron chi connectivity index (χ0n) is 13.1. The number of ketones is 1. The molecule has 0 saturated heterocycles. The van der Waals surface area contributed by atoms with Gasteiger partial charge in [-0.15, -0.1) is 0 Å². The Kier molecular flexibility index (Phi) is 4.92. The first-order valence-corrected chi connectivity index (χ1v) is 8.01. The Hall–Kier alpha value is -2.96. The summed E-state index contributed by atoms with van der Waals surface area (Å²) in [4.78, 5) is 12.4. The van der Waals surface area contributed by atoms with Crippen LogP contribution >= 0.6 is 11.6 Å². The molecule has 0 aliphatic carbocycles. The van der Waals surface area contributed by atoms with Crippen molar-refractivity contribution in [3.63, 3.8) is 0 Å². The molecule has 0 bridgehead atoms. The molecule has 25 heavy (non-hydrogen) atoms. The normalized spacial score (nSPS) is 11.6. The SMILES string of the molecule is N#C[C@H](c1ccc(Cl)cc1)c1ccc(C(=O)c2ccc(F)cc2)cc1. The van der Waals surface area contributed by atoms with Crippen LogP contribution in [0.25, 0.3) is 0 Å². The van der Waals surface area contributed by atoms with E-state index in [4.69, 9.17) is 11.6 Å². The van der Waals surface area contributed by atoms with Crippen molar-refractivity contribution in [2.75, 3.05) is 0 Å². The highest BCUT2D eigenvalue weighted by molar-refractivity contribution is 6.30. The van der Waals surface area contributed by atoms with Crippen LogP contribution < -0.4 is 0 Å². The Bertz CT molecular complexity index is 926. The Morgan fingerprint density at radius 1 is 0.840 bits per heavy atom. The third-order valence-corrected chi connectivity index (χ3v) is 4.20. The Morgan fingerprint density at radius 3 is 1.76 bits per heavy atom. The molecular weight excluding hydrogens is 337 g/mol. The third-order valence-electron chi connectivity index (χ3n) is 3.95. The lowest BCUT2D eigenvalue weighted by molar-refractivity contribution is 0.103. The van der Waals surface area contributed by atoms with Gasteiger partial charge >= 0.3 is 0 Å². The van der Waals surface area contributed by atoms with E-state index in [1.165, 1.54) is 24.3 Å². The maximum absolute atomic E-state index is 13.0. The lowest BCUT2D eigenvalue weighted by atomic mass is 9.91. The van der Waals surface area contributed by atoms with Crippen LogP contribution in [0.5, 0.6) is 0 Å². The molecule has 0 heterocycles. The van der Waals surface area contributed by atoms with Gasteiger partial charge in [0.05, 0.1) is 12.0 Å². The zero-order chi connectivity index (χ0) is 17.8. The van der Waals surface area contributed by atoms with Crippen LogP contribution in [0.2, 0.25) is 5.02 Å². The van der Waals surface area contributed by atoms with Gasteiger partial charge in [0, 0.05) is 16.1 Å². The number of carbonyl (C=O) groups excluding carboxylic acids is 1. The number of rotatable bonds is 4. The summed E-state index contributed by atoms with van der Waals surface area (Å²) < 4.78 is 13.0. The number of carbonyl (C=O) groups is 1. The quantitative estimate of drug-likeness (QED) is 0.594. The fraction of sp³-hybridized carbons (Fsp3) is 0.0476. The van der Waals surface area contributed by atoms with Crippen molar-refractivity contribution in [3.05, 3.63) is 106 Å². The maximum atomic E-state index is 13.0. The molecule has 0 N–H and O–H groups in total. The Balaban J connectivity index is 1.86. The van der Waals surface area contributed by atoms with Gasteiger partial charge in [-0.05, 0) is 47.5 Å². The van der Waals surface area contributed by atoms with E-state index in [2.05, 4.69) is 6.07 Å². The minimum absolute atomic E-state index is 0.188. The minimum Gasteiger partial charge on any atom is -0.289 e. The molecule has 1 atom stereocenters. The van der Waals surface area contributed by atoms with Crippen LogP contribution in [-0.4, -0.2) is 5.78 Å². The molecule has 0 amide bonds. The molecule has 0 aliphatic heterocycles. The molecule has 4 heteroatoms. The first-order chi connectivity index (χ1) is 12.1. The summed E-state index contributed by atoms with van der Waals surface area (Å²) in [6.45, 7) is 0. The maximum Gasteiger partial charge on any atom is 0.193 e. The van der Waals surface area contributed by atoms with Crippen LogP contribution in [0, 0.1) is 17.1 Å². The molecule has 0 saturated carbocycles. The summed E-state index contributed by atoms with van der Waals surface area (Å²) >= 11 is 5.89. The second-order valence-electron chi connectivity index (χ2n) is 5.57. The molecular formula is C21H13ClFNO. The molecule has 122 valence electrons. The van der Waals surface area contributed by atoms with E-state index in [1.807, 2.05) is 12.1 Å². The lowest BCUT2D eigenvalue weighted by Crippen LogP contribution is -2.03. The Labute approximate surface area is 150 Å². The van der Waals surface area contributed by atoms with Crippen LogP contribution in [0.3, 0.4) is 0 Å². The lowest BCUT2D eigenvalue weighted by Gasteiger charge is -2.11. The third kappa shape index (κ3) is 3.76. The molecule has 0 spiro atoms. The van der Waals surface area contributed by atoms with Crippen molar-refractivity contribution >= 4 is 17.4 Å². The smallest absolute Gasteiger partial charge is 0.193 e. The summed E-state index contributed by atoms with van der Waals surface area (Å²) in [6, 6.07) is 21.7. The number of hydrogen-bond donors (Lipinski definition) is 0. The van der Waals surface area contributed by atoms with E-state index in [1.54, 1.807) is 36.4 Å². The van der Waals surface area contributed by atoms with Crippen molar-refractivity contribution in [1.29, 1.82) is 5.26 Å². The van der Waals surface area contributed by atoms with Crippen molar-refractivity contribution in [2.24, 2.45) is 0 Å². The van der Waals surface area contributed by atoms with Gasteiger partial charge in [-0.25, -0.2) is 4.39 Å². The summed E-state index contributed by atoms with van der Waals surface area (Å²) in [6.07, 6.45) is 0.